The third kappa shape index (κ3) is 4.45. The molecular formula is C24H20FN3O3. The Morgan fingerprint density at radius 3 is 2.39 bits per heavy atom. The van der Waals surface area contributed by atoms with Gasteiger partial charge in [-0.2, -0.15) is 0 Å². The summed E-state index contributed by atoms with van der Waals surface area (Å²) in [5.74, 6) is -1.13. The molecule has 0 spiro atoms. The van der Waals surface area contributed by atoms with E-state index in [0.717, 1.165) is 16.6 Å². The first-order valence-electron chi connectivity index (χ1n) is 9.70. The van der Waals surface area contributed by atoms with Crippen LogP contribution < -0.4 is 5.32 Å². The Bertz CT molecular complexity index is 1220. The molecule has 7 heteroatoms. The van der Waals surface area contributed by atoms with Gasteiger partial charge in [-0.25, -0.2) is 14.2 Å². The van der Waals surface area contributed by atoms with Crippen LogP contribution in [0.1, 0.15) is 32.3 Å². The van der Waals surface area contributed by atoms with Gasteiger partial charge in [-0.05, 0) is 54.1 Å². The van der Waals surface area contributed by atoms with Crippen LogP contribution in [0.25, 0.3) is 11.0 Å². The Morgan fingerprint density at radius 1 is 1.00 bits per heavy atom. The normalized spacial score (nSPS) is 11.8. The molecule has 0 aliphatic carbocycles. The minimum atomic E-state index is -0.469. The highest BCUT2D eigenvalue weighted by Crippen LogP contribution is 2.20. The molecule has 1 N–H and O–H groups in total. The van der Waals surface area contributed by atoms with Crippen LogP contribution in [0, 0.1) is 5.82 Å². The first-order chi connectivity index (χ1) is 15.0. The van der Waals surface area contributed by atoms with Gasteiger partial charge in [0.1, 0.15) is 5.82 Å². The summed E-state index contributed by atoms with van der Waals surface area (Å²) in [6, 6.07) is 19.5. The number of carbonyl (C=O) groups is 2. The number of fused-ring (bicyclic) bond motifs is 1. The number of nitrogens with zero attached hydrogens (tertiary/aromatic N) is 2. The maximum Gasteiger partial charge on any atom is 0.337 e. The van der Waals surface area contributed by atoms with Gasteiger partial charge in [0.2, 0.25) is 0 Å². The van der Waals surface area contributed by atoms with Crippen LogP contribution in [0.15, 0.2) is 79.1 Å². The van der Waals surface area contributed by atoms with Crippen LogP contribution in [0.3, 0.4) is 0 Å². The lowest BCUT2D eigenvalue weighted by atomic mass is 10.1. The highest BCUT2D eigenvalue weighted by atomic mass is 19.1. The maximum absolute atomic E-state index is 13.5. The number of hydrogen-bond donors (Lipinski definition) is 1. The van der Waals surface area contributed by atoms with Crippen LogP contribution in [0.2, 0.25) is 0 Å². The summed E-state index contributed by atoms with van der Waals surface area (Å²) in [4.78, 5) is 28.9. The largest absolute Gasteiger partial charge is 0.465 e. The highest BCUT2D eigenvalue weighted by Gasteiger charge is 2.18. The first-order valence-corrected chi connectivity index (χ1v) is 9.70. The van der Waals surface area contributed by atoms with Crippen molar-refractivity contribution in [3.05, 3.63) is 102 Å². The standard InChI is InChI=1S/C24H20FN3O3/c1-31-24(30)18-8-6-17(7-9-18)23(29)27-21(16-10-12-19(25)13-11-16)14-28-15-26-20-4-2-3-5-22(20)28/h2-13,15,21H,14H2,1H3,(H,27,29). The average molecular weight is 417 g/mol. The molecule has 0 saturated carbocycles. The van der Waals surface area contributed by atoms with Crippen molar-refractivity contribution in [1.29, 1.82) is 0 Å². The number of ether oxygens (including phenoxy) is 1. The van der Waals surface area contributed by atoms with Crippen molar-refractivity contribution in [1.82, 2.24) is 14.9 Å². The second kappa shape index (κ2) is 8.79. The summed E-state index contributed by atoms with van der Waals surface area (Å²) in [5.41, 5.74) is 3.31. The van der Waals surface area contributed by atoms with Gasteiger partial charge in [-0.1, -0.05) is 24.3 Å². The smallest absolute Gasteiger partial charge is 0.337 e. The van der Waals surface area contributed by atoms with Crippen molar-refractivity contribution in [2.45, 2.75) is 12.6 Å². The van der Waals surface area contributed by atoms with E-state index < -0.39 is 12.0 Å². The molecule has 0 saturated heterocycles. The lowest BCUT2D eigenvalue weighted by Gasteiger charge is -2.20. The quantitative estimate of drug-likeness (QED) is 0.479. The van der Waals surface area contributed by atoms with E-state index in [1.165, 1.54) is 31.4 Å². The Kier molecular flexibility index (Phi) is 5.75. The van der Waals surface area contributed by atoms with Crippen molar-refractivity contribution in [3.63, 3.8) is 0 Å². The van der Waals surface area contributed by atoms with Crippen LogP contribution in [-0.4, -0.2) is 28.5 Å². The number of rotatable bonds is 6. The predicted octanol–water partition coefficient (Wildman–Crippen LogP) is 4.13. The van der Waals surface area contributed by atoms with E-state index in [2.05, 4.69) is 15.0 Å². The third-order valence-electron chi connectivity index (χ3n) is 5.05. The zero-order valence-corrected chi connectivity index (χ0v) is 16.8. The number of hydrogen-bond acceptors (Lipinski definition) is 4. The van der Waals surface area contributed by atoms with E-state index in [9.17, 15) is 14.0 Å². The summed E-state index contributed by atoms with van der Waals surface area (Å²) < 4.78 is 20.1. The Morgan fingerprint density at radius 2 is 1.68 bits per heavy atom. The van der Waals surface area contributed by atoms with Gasteiger partial charge < -0.3 is 14.6 Å². The van der Waals surface area contributed by atoms with Crippen molar-refractivity contribution >= 4 is 22.9 Å². The maximum atomic E-state index is 13.5. The number of methoxy groups -OCH3 is 1. The number of aromatic nitrogens is 2. The fourth-order valence-electron chi connectivity index (χ4n) is 3.40. The van der Waals surface area contributed by atoms with E-state index in [1.54, 1.807) is 30.6 Å². The van der Waals surface area contributed by atoms with E-state index in [-0.39, 0.29) is 11.7 Å². The van der Waals surface area contributed by atoms with Crippen LogP contribution in [0.4, 0.5) is 4.39 Å². The fourth-order valence-corrected chi connectivity index (χ4v) is 3.40. The lowest BCUT2D eigenvalue weighted by molar-refractivity contribution is 0.0600. The number of para-hydroxylation sites is 2. The first kappa shape index (κ1) is 20.3. The summed E-state index contributed by atoms with van der Waals surface area (Å²) in [7, 11) is 1.30. The topological polar surface area (TPSA) is 73.2 Å². The van der Waals surface area contributed by atoms with Gasteiger partial charge in [-0.3, -0.25) is 4.79 Å². The molecule has 4 aromatic rings. The summed E-state index contributed by atoms with van der Waals surface area (Å²) in [5, 5.41) is 3.01. The van der Waals surface area contributed by atoms with Crippen LogP contribution in [-0.2, 0) is 11.3 Å². The monoisotopic (exact) mass is 417 g/mol. The van der Waals surface area contributed by atoms with Crippen LogP contribution in [0.5, 0.6) is 0 Å². The molecule has 31 heavy (non-hydrogen) atoms. The Labute approximate surface area is 178 Å². The molecule has 0 aliphatic rings. The molecule has 0 aliphatic heterocycles. The van der Waals surface area contributed by atoms with Crippen molar-refractivity contribution in [2.75, 3.05) is 7.11 Å². The van der Waals surface area contributed by atoms with Gasteiger partial charge in [0.05, 0.1) is 36.1 Å². The zero-order valence-electron chi connectivity index (χ0n) is 16.8. The van der Waals surface area contributed by atoms with Crippen molar-refractivity contribution in [2.24, 2.45) is 0 Å². The van der Waals surface area contributed by atoms with E-state index in [4.69, 9.17) is 0 Å². The molecule has 156 valence electrons. The van der Waals surface area contributed by atoms with Gasteiger partial charge in [0, 0.05) is 12.1 Å². The lowest BCUT2D eigenvalue weighted by Crippen LogP contribution is -2.31. The number of amides is 1. The molecule has 1 heterocycles. The minimum absolute atomic E-state index is 0.310. The summed E-state index contributed by atoms with van der Waals surface area (Å²) in [6.45, 7) is 0.415. The molecule has 0 radical (unpaired) electrons. The minimum Gasteiger partial charge on any atom is -0.465 e. The Balaban J connectivity index is 1.60. The number of esters is 1. The molecule has 1 atom stereocenters. The van der Waals surface area contributed by atoms with Gasteiger partial charge in [0.15, 0.2) is 0 Å². The third-order valence-corrected chi connectivity index (χ3v) is 5.05. The van der Waals surface area contributed by atoms with E-state index >= 15 is 0 Å². The SMILES string of the molecule is COC(=O)c1ccc(C(=O)NC(Cn2cnc3ccccc32)c2ccc(F)cc2)cc1. The fraction of sp³-hybridized carbons (Fsp3) is 0.125. The number of imidazole rings is 1. The number of benzene rings is 3. The number of carbonyl (C=O) groups excluding carboxylic acids is 2. The molecule has 0 fully saturated rings. The molecule has 0 bridgehead atoms. The second-order valence-electron chi connectivity index (χ2n) is 7.03. The highest BCUT2D eigenvalue weighted by molar-refractivity contribution is 5.96. The molecule has 1 unspecified atom stereocenters. The molecule has 4 rings (SSSR count). The molecule has 3 aromatic carbocycles. The predicted molar refractivity (Wildman–Crippen MR) is 114 cm³/mol. The van der Waals surface area contributed by atoms with Crippen LogP contribution >= 0.6 is 0 Å². The van der Waals surface area contributed by atoms with Gasteiger partial charge in [-0.15, -0.1) is 0 Å². The zero-order chi connectivity index (χ0) is 21.8. The van der Waals surface area contributed by atoms with Crippen molar-refractivity contribution in [3.8, 4) is 0 Å². The summed E-state index contributed by atoms with van der Waals surface area (Å²) >= 11 is 0. The van der Waals surface area contributed by atoms with Crippen molar-refractivity contribution < 1.29 is 18.7 Å². The molecule has 1 amide bonds. The molecule has 6 nitrogen and oxygen atoms in total. The average Bonchev–Trinajstić information content (AvgIpc) is 3.21. The van der Waals surface area contributed by atoms with E-state index in [0.29, 0.717) is 17.7 Å². The van der Waals surface area contributed by atoms with Gasteiger partial charge >= 0.3 is 5.97 Å². The summed E-state index contributed by atoms with van der Waals surface area (Å²) in [6.07, 6.45) is 1.72. The van der Waals surface area contributed by atoms with Gasteiger partial charge in [0.25, 0.3) is 5.91 Å². The second-order valence-corrected chi connectivity index (χ2v) is 7.03. The molecular weight excluding hydrogens is 397 g/mol. The van der Waals surface area contributed by atoms with E-state index in [1.807, 2.05) is 28.8 Å². The number of nitrogens with one attached hydrogen (secondary N) is 1. The Hall–Kier alpha value is -4.00. The molecule has 1 aromatic heterocycles. The number of halogens is 1.